The Bertz CT molecular complexity index is 312. The van der Waals surface area contributed by atoms with E-state index in [0.29, 0.717) is 0 Å². The maximum Gasteiger partial charge on any atom is 0.150 e. The van der Waals surface area contributed by atoms with Crippen molar-refractivity contribution >= 4 is 21.7 Å². The van der Waals surface area contributed by atoms with Gasteiger partial charge in [-0.2, -0.15) is 0 Å². The predicted molar refractivity (Wildman–Crippen MR) is 63.0 cm³/mol. The first-order valence-electron chi connectivity index (χ1n) is 4.56. The summed E-state index contributed by atoms with van der Waals surface area (Å²) >= 11 is 3.50. The fourth-order valence-corrected chi connectivity index (χ4v) is 1.48. The molecule has 0 bridgehead atoms. The second-order valence-corrected chi connectivity index (χ2v) is 4.53. The lowest BCUT2D eigenvalue weighted by Crippen LogP contribution is -2.43. The zero-order chi connectivity index (χ0) is 10.8. The van der Waals surface area contributed by atoms with Crippen molar-refractivity contribution in [3.8, 4) is 0 Å². The van der Waals surface area contributed by atoms with Crippen LogP contribution in [0.5, 0.6) is 0 Å². The summed E-state index contributed by atoms with van der Waals surface area (Å²) in [4.78, 5) is 10.7. The van der Waals surface area contributed by atoms with Crippen molar-refractivity contribution in [3.63, 3.8) is 0 Å². The van der Waals surface area contributed by atoms with Crippen molar-refractivity contribution in [2.45, 2.75) is 26.3 Å². The molecule has 0 unspecified atom stereocenters. The highest BCUT2D eigenvalue weighted by atomic mass is 79.9. The summed E-state index contributed by atoms with van der Waals surface area (Å²) in [6, 6.07) is 0. The fraction of sp³-hybridized carbons (Fsp3) is 0.600. The van der Waals surface area contributed by atoms with Crippen molar-refractivity contribution in [2.75, 3.05) is 17.3 Å². The van der Waals surface area contributed by atoms with Crippen LogP contribution in [0.3, 0.4) is 0 Å². The molecule has 0 radical (unpaired) electrons. The lowest BCUT2D eigenvalue weighted by atomic mass is 10.1. The largest absolute Gasteiger partial charge is 0.352 e. The average molecular weight is 258 g/mol. The molecule has 0 aromatic carbocycles. The Hall–Kier alpha value is -0.640. The molecule has 0 saturated heterocycles. The van der Waals surface area contributed by atoms with Gasteiger partial charge in [0.2, 0.25) is 0 Å². The van der Waals surface area contributed by atoms with E-state index in [0.717, 1.165) is 16.8 Å². The van der Waals surface area contributed by atoms with Crippen molar-refractivity contribution < 1.29 is 0 Å². The lowest BCUT2D eigenvalue weighted by molar-refractivity contribution is 0.544. The van der Waals surface area contributed by atoms with Gasteiger partial charge in [0.05, 0.1) is 5.69 Å². The fourth-order valence-electron chi connectivity index (χ4n) is 1.11. The Balaban J connectivity index is 3.00. The van der Waals surface area contributed by atoms with Gasteiger partial charge in [-0.3, -0.25) is 4.98 Å². The van der Waals surface area contributed by atoms with Gasteiger partial charge in [0, 0.05) is 30.3 Å². The zero-order valence-corrected chi connectivity index (χ0v) is 10.7. The maximum absolute atomic E-state index is 4.34. The van der Waals surface area contributed by atoms with Gasteiger partial charge in [-0.05, 0) is 20.8 Å². The first-order chi connectivity index (χ1) is 6.49. The predicted octanol–water partition coefficient (Wildman–Crippen LogP) is 2.39. The highest BCUT2D eigenvalue weighted by Gasteiger charge is 2.24. The number of halogens is 1. The van der Waals surface area contributed by atoms with Gasteiger partial charge >= 0.3 is 0 Å². The Morgan fingerprint density at radius 1 is 1.36 bits per heavy atom. The summed E-state index contributed by atoms with van der Waals surface area (Å²) in [6.07, 6.45) is 3.44. The van der Waals surface area contributed by atoms with Crippen LogP contribution in [0, 0.1) is 6.92 Å². The summed E-state index contributed by atoms with van der Waals surface area (Å²) in [6.45, 7) is 6.30. The normalized spacial score (nSPS) is 11.5. The summed E-state index contributed by atoms with van der Waals surface area (Å²) in [5.41, 5.74) is 1.00. The Morgan fingerprint density at radius 3 is 2.43 bits per heavy atom. The highest BCUT2D eigenvalue weighted by Crippen LogP contribution is 2.23. The molecule has 1 aromatic rings. The van der Waals surface area contributed by atoms with Crippen molar-refractivity contribution in [1.29, 1.82) is 0 Å². The van der Waals surface area contributed by atoms with Gasteiger partial charge in [0.25, 0.3) is 0 Å². The molecule has 1 aromatic heterocycles. The molecule has 0 aliphatic rings. The summed E-state index contributed by atoms with van der Waals surface area (Å²) in [5, 5.41) is 0.895. The average Bonchev–Trinajstić information content (AvgIpc) is 2.17. The van der Waals surface area contributed by atoms with Crippen LogP contribution in [0.1, 0.15) is 19.5 Å². The number of anilines is 1. The minimum absolute atomic E-state index is 0.0425. The molecule has 0 N–H and O–H groups in total. The third-order valence-electron chi connectivity index (χ3n) is 2.41. The number of aryl methyl sites for hydroxylation is 1. The minimum atomic E-state index is 0.0425. The molecule has 0 spiro atoms. The smallest absolute Gasteiger partial charge is 0.150 e. The molecule has 0 aliphatic carbocycles. The van der Waals surface area contributed by atoms with Crippen LogP contribution in [-0.4, -0.2) is 27.9 Å². The number of hydrogen-bond acceptors (Lipinski definition) is 3. The van der Waals surface area contributed by atoms with Crippen LogP contribution < -0.4 is 4.90 Å². The van der Waals surface area contributed by atoms with Crippen molar-refractivity contribution in [1.82, 2.24) is 9.97 Å². The number of alkyl halides is 1. The topological polar surface area (TPSA) is 29.0 Å². The summed E-state index contributed by atoms with van der Waals surface area (Å²) in [7, 11) is 2.04. The van der Waals surface area contributed by atoms with E-state index < -0.39 is 0 Å². The van der Waals surface area contributed by atoms with E-state index >= 15 is 0 Å². The number of rotatable bonds is 3. The molecule has 4 heteroatoms. The molecule has 0 amide bonds. The van der Waals surface area contributed by atoms with Crippen LogP contribution in [0.2, 0.25) is 0 Å². The van der Waals surface area contributed by atoms with Crippen molar-refractivity contribution in [3.05, 3.63) is 18.1 Å². The van der Waals surface area contributed by atoms with Crippen LogP contribution in [0.15, 0.2) is 12.4 Å². The van der Waals surface area contributed by atoms with E-state index in [9.17, 15) is 0 Å². The molecular formula is C10H16BrN3. The van der Waals surface area contributed by atoms with Crippen molar-refractivity contribution in [2.24, 2.45) is 0 Å². The number of nitrogens with zero attached hydrogens (tertiary/aromatic N) is 3. The van der Waals surface area contributed by atoms with E-state index in [4.69, 9.17) is 0 Å². The van der Waals surface area contributed by atoms with Crippen LogP contribution in [0.4, 0.5) is 5.82 Å². The van der Waals surface area contributed by atoms with Crippen LogP contribution in [-0.2, 0) is 0 Å². The molecule has 1 heterocycles. The van der Waals surface area contributed by atoms with Gasteiger partial charge in [0.15, 0.2) is 0 Å². The van der Waals surface area contributed by atoms with E-state index in [1.54, 1.807) is 12.4 Å². The minimum Gasteiger partial charge on any atom is -0.352 e. The molecule has 78 valence electrons. The Morgan fingerprint density at radius 2 is 1.93 bits per heavy atom. The van der Waals surface area contributed by atoms with Gasteiger partial charge in [-0.15, -0.1) is 0 Å². The second kappa shape index (κ2) is 4.26. The van der Waals surface area contributed by atoms with E-state index in [-0.39, 0.29) is 5.54 Å². The molecule has 0 atom stereocenters. The molecule has 14 heavy (non-hydrogen) atoms. The monoisotopic (exact) mass is 257 g/mol. The third-order valence-corrected chi connectivity index (χ3v) is 3.78. The molecular weight excluding hydrogens is 242 g/mol. The molecule has 0 aliphatic heterocycles. The number of aromatic nitrogens is 2. The standard InChI is InChI=1S/C10H16BrN3/c1-8-9(13-6-5-12-8)14(4)10(2,3)7-11/h5-6H,7H2,1-4H3. The first-order valence-corrected chi connectivity index (χ1v) is 5.68. The Labute approximate surface area is 93.7 Å². The maximum atomic E-state index is 4.34. The third kappa shape index (κ3) is 2.23. The van der Waals surface area contributed by atoms with E-state index in [1.165, 1.54) is 0 Å². The van der Waals surface area contributed by atoms with E-state index in [1.807, 2.05) is 14.0 Å². The van der Waals surface area contributed by atoms with Crippen LogP contribution in [0.25, 0.3) is 0 Å². The Kier molecular flexibility index (Phi) is 3.48. The molecule has 0 fully saturated rings. The van der Waals surface area contributed by atoms with Gasteiger partial charge in [0.1, 0.15) is 5.82 Å². The molecule has 3 nitrogen and oxygen atoms in total. The van der Waals surface area contributed by atoms with E-state index in [2.05, 4.69) is 44.6 Å². The van der Waals surface area contributed by atoms with Crippen LogP contribution >= 0.6 is 15.9 Å². The second-order valence-electron chi connectivity index (χ2n) is 3.97. The quantitative estimate of drug-likeness (QED) is 0.779. The lowest BCUT2D eigenvalue weighted by Gasteiger charge is -2.35. The summed E-state index contributed by atoms with van der Waals surface area (Å²) in [5.74, 6) is 0.942. The highest BCUT2D eigenvalue weighted by molar-refractivity contribution is 9.09. The zero-order valence-electron chi connectivity index (χ0n) is 9.08. The molecule has 1 rings (SSSR count). The SMILES string of the molecule is Cc1nccnc1N(C)C(C)(C)CBr. The van der Waals surface area contributed by atoms with Gasteiger partial charge in [-0.25, -0.2) is 4.98 Å². The first kappa shape index (κ1) is 11.4. The molecule has 0 saturated carbocycles. The van der Waals surface area contributed by atoms with Gasteiger partial charge < -0.3 is 4.90 Å². The summed E-state index contributed by atoms with van der Waals surface area (Å²) < 4.78 is 0. The number of hydrogen-bond donors (Lipinski definition) is 0. The van der Waals surface area contributed by atoms with Gasteiger partial charge in [-0.1, -0.05) is 15.9 Å².